The Bertz CT molecular complexity index is 517. The van der Waals surface area contributed by atoms with Gasteiger partial charge < -0.3 is 15.0 Å². The van der Waals surface area contributed by atoms with Crippen LogP contribution in [0.25, 0.3) is 0 Å². The second-order valence-electron chi connectivity index (χ2n) is 5.53. The molecule has 2 amide bonds. The van der Waals surface area contributed by atoms with Crippen molar-refractivity contribution in [3.8, 4) is 11.8 Å². The molecule has 112 valence electrons. The predicted molar refractivity (Wildman–Crippen MR) is 81.1 cm³/mol. The van der Waals surface area contributed by atoms with Crippen LogP contribution in [0.15, 0.2) is 24.3 Å². The average Bonchev–Trinajstić information content (AvgIpc) is 3.30. The summed E-state index contributed by atoms with van der Waals surface area (Å²) >= 11 is 0. The van der Waals surface area contributed by atoms with Crippen LogP contribution in [-0.4, -0.2) is 30.6 Å². The molecular weight excluding hydrogens is 266 g/mol. The molecule has 0 aliphatic heterocycles. The number of carbonyl (C=O) groups excluding carboxylic acids is 1. The van der Waals surface area contributed by atoms with Crippen LogP contribution in [0.2, 0.25) is 0 Å². The Labute approximate surface area is 125 Å². The number of ether oxygens (including phenoxy) is 1. The highest BCUT2D eigenvalue weighted by Gasteiger charge is 2.21. The summed E-state index contributed by atoms with van der Waals surface area (Å²) in [6, 6.07) is 9.09. The fraction of sp³-hybridized carbons (Fsp3) is 0.500. The number of urea groups is 1. The van der Waals surface area contributed by atoms with E-state index in [9.17, 15) is 4.79 Å². The van der Waals surface area contributed by atoms with E-state index in [2.05, 4.69) is 11.4 Å². The summed E-state index contributed by atoms with van der Waals surface area (Å²) in [6.07, 6.45) is 2.85. The van der Waals surface area contributed by atoms with Crippen molar-refractivity contribution in [1.82, 2.24) is 4.90 Å². The smallest absolute Gasteiger partial charge is 0.321 e. The van der Waals surface area contributed by atoms with Crippen LogP contribution in [0.1, 0.15) is 26.2 Å². The van der Waals surface area contributed by atoms with E-state index in [1.165, 1.54) is 17.7 Å². The van der Waals surface area contributed by atoms with Crippen molar-refractivity contribution in [3.05, 3.63) is 24.3 Å². The van der Waals surface area contributed by atoms with E-state index in [1.807, 2.05) is 31.2 Å². The third-order valence-corrected chi connectivity index (χ3v) is 3.66. The Hall–Kier alpha value is -2.22. The zero-order valence-corrected chi connectivity index (χ0v) is 12.5. The van der Waals surface area contributed by atoms with Crippen LogP contribution in [0, 0.1) is 17.2 Å². The van der Waals surface area contributed by atoms with Gasteiger partial charge in [-0.1, -0.05) is 0 Å². The molecule has 5 nitrogen and oxygen atoms in total. The normalized spacial score (nSPS) is 14.9. The standard InChI is InChI=1S/C16H21N3O2/c1-12(9-10-17)19(2)16(20)18-14-5-7-15(8-6-14)21-11-13-3-4-13/h5-8,12-13H,3-4,9,11H2,1-2H3,(H,18,20). The molecular formula is C16H21N3O2. The van der Waals surface area contributed by atoms with Crippen molar-refractivity contribution in [2.24, 2.45) is 5.92 Å². The van der Waals surface area contributed by atoms with Crippen LogP contribution in [0.4, 0.5) is 10.5 Å². The van der Waals surface area contributed by atoms with Gasteiger partial charge in [-0.3, -0.25) is 0 Å². The minimum Gasteiger partial charge on any atom is -0.493 e. The molecule has 0 bridgehead atoms. The molecule has 0 saturated heterocycles. The number of hydrogen-bond acceptors (Lipinski definition) is 3. The van der Waals surface area contributed by atoms with Crippen LogP contribution in [-0.2, 0) is 0 Å². The zero-order valence-electron chi connectivity index (χ0n) is 12.5. The van der Waals surface area contributed by atoms with Gasteiger partial charge in [0.05, 0.1) is 19.1 Å². The number of amides is 2. The van der Waals surface area contributed by atoms with Crippen LogP contribution in [0.3, 0.4) is 0 Å². The van der Waals surface area contributed by atoms with Crippen LogP contribution < -0.4 is 10.1 Å². The van der Waals surface area contributed by atoms with Gasteiger partial charge in [-0.05, 0) is 49.9 Å². The third-order valence-electron chi connectivity index (χ3n) is 3.66. The summed E-state index contributed by atoms with van der Waals surface area (Å²) in [4.78, 5) is 13.5. The second kappa shape index (κ2) is 6.98. The number of rotatable bonds is 6. The summed E-state index contributed by atoms with van der Waals surface area (Å²) in [5, 5.41) is 11.5. The van der Waals surface area contributed by atoms with Gasteiger partial charge in [-0.2, -0.15) is 5.26 Å². The summed E-state index contributed by atoms with van der Waals surface area (Å²) in [5.41, 5.74) is 0.717. The fourth-order valence-corrected chi connectivity index (χ4v) is 1.81. The van der Waals surface area contributed by atoms with Crippen molar-refractivity contribution in [2.45, 2.75) is 32.2 Å². The van der Waals surface area contributed by atoms with E-state index < -0.39 is 0 Å². The fourth-order valence-electron chi connectivity index (χ4n) is 1.81. The van der Waals surface area contributed by atoms with Gasteiger partial charge in [0, 0.05) is 18.8 Å². The van der Waals surface area contributed by atoms with E-state index in [0.29, 0.717) is 6.42 Å². The van der Waals surface area contributed by atoms with Crippen molar-refractivity contribution in [1.29, 1.82) is 5.26 Å². The number of nitrogens with zero attached hydrogens (tertiary/aromatic N) is 2. The Balaban J connectivity index is 1.84. The summed E-state index contributed by atoms with van der Waals surface area (Å²) in [5.74, 6) is 1.55. The lowest BCUT2D eigenvalue weighted by Crippen LogP contribution is -2.38. The number of nitrogens with one attached hydrogen (secondary N) is 1. The van der Waals surface area contributed by atoms with E-state index in [1.54, 1.807) is 7.05 Å². The molecule has 1 aliphatic rings. The molecule has 1 aliphatic carbocycles. The number of hydrogen-bond donors (Lipinski definition) is 1. The van der Waals surface area contributed by atoms with E-state index in [-0.39, 0.29) is 12.1 Å². The largest absolute Gasteiger partial charge is 0.493 e. The van der Waals surface area contributed by atoms with Gasteiger partial charge in [0.25, 0.3) is 0 Å². The molecule has 1 unspecified atom stereocenters. The Kier molecular flexibility index (Phi) is 5.04. The maximum Gasteiger partial charge on any atom is 0.321 e. The first kappa shape index (κ1) is 15.2. The number of anilines is 1. The molecule has 21 heavy (non-hydrogen) atoms. The van der Waals surface area contributed by atoms with Gasteiger partial charge >= 0.3 is 6.03 Å². The Morgan fingerprint density at radius 3 is 2.71 bits per heavy atom. The first-order valence-corrected chi connectivity index (χ1v) is 7.23. The van der Waals surface area contributed by atoms with Crippen LogP contribution >= 0.6 is 0 Å². The van der Waals surface area contributed by atoms with Crippen molar-refractivity contribution in [3.63, 3.8) is 0 Å². The SMILES string of the molecule is CC(CC#N)N(C)C(=O)Nc1ccc(OCC2CC2)cc1. The Morgan fingerprint density at radius 2 is 2.14 bits per heavy atom. The minimum atomic E-state index is -0.218. The van der Waals surface area contributed by atoms with Gasteiger partial charge in [-0.25, -0.2) is 4.79 Å². The molecule has 0 aromatic heterocycles. The lowest BCUT2D eigenvalue weighted by molar-refractivity contribution is 0.208. The Morgan fingerprint density at radius 1 is 1.48 bits per heavy atom. The number of nitriles is 1. The van der Waals surface area contributed by atoms with Gasteiger partial charge in [0.2, 0.25) is 0 Å². The van der Waals surface area contributed by atoms with Crippen molar-refractivity contribution < 1.29 is 9.53 Å². The van der Waals surface area contributed by atoms with Gasteiger partial charge in [0.15, 0.2) is 0 Å². The lowest BCUT2D eigenvalue weighted by atomic mass is 10.2. The monoisotopic (exact) mass is 287 g/mol. The third kappa shape index (κ3) is 4.67. The highest BCUT2D eigenvalue weighted by Crippen LogP contribution is 2.29. The topological polar surface area (TPSA) is 65.4 Å². The maximum atomic E-state index is 12.0. The van der Waals surface area contributed by atoms with Crippen LogP contribution in [0.5, 0.6) is 5.75 Å². The summed E-state index contributed by atoms with van der Waals surface area (Å²) < 4.78 is 5.65. The quantitative estimate of drug-likeness (QED) is 0.873. The number of benzene rings is 1. The molecule has 1 N–H and O–H groups in total. The molecule has 0 spiro atoms. The highest BCUT2D eigenvalue weighted by atomic mass is 16.5. The highest BCUT2D eigenvalue weighted by molar-refractivity contribution is 5.89. The van der Waals surface area contributed by atoms with Gasteiger partial charge in [-0.15, -0.1) is 0 Å². The first-order valence-electron chi connectivity index (χ1n) is 7.23. The first-order chi connectivity index (χ1) is 10.1. The summed E-state index contributed by atoms with van der Waals surface area (Å²) in [7, 11) is 1.68. The number of carbonyl (C=O) groups is 1. The minimum absolute atomic E-state index is 0.115. The molecule has 1 saturated carbocycles. The molecule has 2 rings (SSSR count). The second-order valence-corrected chi connectivity index (χ2v) is 5.53. The predicted octanol–water partition coefficient (Wildman–Crippen LogP) is 3.24. The molecule has 1 atom stereocenters. The maximum absolute atomic E-state index is 12.0. The van der Waals surface area contributed by atoms with Crippen molar-refractivity contribution in [2.75, 3.05) is 19.0 Å². The average molecular weight is 287 g/mol. The molecule has 1 aromatic carbocycles. The molecule has 0 radical (unpaired) electrons. The summed E-state index contributed by atoms with van der Waals surface area (Å²) in [6.45, 7) is 2.62. The zero-order chi connectivity index (χ0) is 15.2. The van der Waals surface area contributed by atoms with Gasteiger partial charge in [0.1, 0.15) is 5.75 Å². The van der Waals surface area contributed by atoms with E-state index >= 15 is 0 Å². The molecule has 1 fully saturated rings. The van der Waals surface area contributed by atoms with E-state index in [4.69, 9.17) is 10.00 Å². The molecule has 0 heterocycles. The molecule has 1 aromatic rings. The molecule has 5 heteroatoms. The van der Waals surface area contributed by atoms with Crippen molar-refractivity contribution >= 4 is 11.7 Å². The van der Waals surface area contributed by atoms with E-state index in [0.717, 1.165) is 24.0 Å². The lowest BCUT2D eigenvalue weighted by Gasteiger charge is -2.23.